The van der Waals surface area contributed by atoms with Gasteiger partial charge in [0.25, 0.3) is 0 Å². The molecule has 14 heavy (non-hydrogen) atoms. The van der Waals surface area contributed by atoms with Gasteiger partial charge >= 0.3 is 0 Å². The Morgan fingerprint density at radius 2 is 1.93 bits per heavy atom. The van der Waals surface area contributed by atoms with Gasteiger partial charge in [-0.1, -0.05) is 6.92 Å². The molecule has 0 fully saturated rings. The van der Waals surface area contributed by atoms with Crippen LogP contribution in [-0.2, 0) is 0 Å². The lowest BCUT2D eigenvalue weighted by molar-refractivity contribution is 0.0988. The van der Waals surface area contributed by atoms with Crippen molar-refractivity contribution in [1.82, 2.24) is 0 Å². The fourth-order valence-electron chi connectivity index (χ4n) is 1.29. The molecule has 0 bridgehead atoms. The van der Waals surface area contributed by atoms with Gasteiger partial charge in [0.1, 0.15) is 0 Å². The molecule has 1 aromatic carbocycles. The highest BCUT2D eigenvalue weighted by atomic mass is 16.1. The highest BCUT2D eigenvalue weighted by molar-refractivity contribution is 5.96. The molecule has 0 aliphatic carbocycles. The van der Waals surface area contributed by atoms with Crippen LogP contribution in [0.15, 0.2) is 24.3 Å². The second-order valence-electron chi connectivity index (χ2n) is 3.65. The van der Waals surface area contributed by atoms with Crippen molar-refractivity contribution < 1.29 is 6.22 Å². The maximum atomic E-state index is 11.3. The van der Waals surface area contributed by atoms with E-state index in [4.69, 9.17) is 0 Å². The molecule has 0 aromatic heterocycles. The first kappa shape index (κ1) is 10.8. The lowest BCUT2D eigenvalue weighted by Gasteiger charge is -2.09. The summed E-state index contributed by atoms with van der Waals surface area (Å²) >= 11 is 0. The van der Waals surface area contributed by atoms with Crippen molar-refractivity contribution in [1.29, 1.82) is 0 Å². The maximum Gasteiger partial charge on any atom is 0.162 e. The molecule has 1 rings (SSSR count). The molecule has 0 aliphatic heterocycles. The number of benzene rings is 1. The molecule has 0 unspecified atom stereocenters. The van der Waals surface area contributed by atoms with E-state index in [1.54, 1.807) is 0 Å². The van der Waals surface area contributed by atoms with Gasteiger partial charge in [0.05, 0.1) is 0 Å². The van der Waals surface area contributed by atoms with Crippen molar-refractivity contribution in [2.45, 2.75) is 33.2 Å². The minimum absolute atomic E-state index is 0. The van der Waals surface area contributed by atoms with Crippen molar-refractivity contribution in [2.75, 3.05) is 5.32 Å². The molecule has 0 heterocycles. The van der Waals surface area contributed by atoms with E-state index >= 15 is 0 Å². The molecular weight excluding hydrogens is 174 g/mol. The van der Waals surface area contributed by atoms with Crippen molar-refractivity contribution in [3.63, 3.8) is 0 Å². The third-order valence-electron chi connectivity index (χ3n) is 1.98. The fourth-order valence-corrected chi connectivity index (χ4v) is 1.29. The number of carbonyl (C=O) groups excluding carboxylic acids is 1. The van der Waals surface area contributed by atoms with Crippen LogP contribution in [0.25, 0.3) is 0 Å². The first-order valence-electron chi connectivity index (χ1n) is 5.03. The normalized spacial score (nSPS) is 10.3. The summed E-state index contributed by atoms with van der Waals surface area (Å²) in [5.41, 5.74) is 1.86. The second-order valence-corrected chi connectivity index (χ2v) is 3.65. The Morgan fingerprint density at radius 3 is 2.36 bits per heavy atom. The van der Waals surface area contributed by atoms with Gasteiger partial charge in [0.15, 0.2) is 5.78 Å². The number of anilines is 1. The van der Waals surface area contributed by atoms with Crippen LogP contribution < -0.4 is 5.32 Å². The Bertz CT molecular complexity index is 306. The smallest absolute Gasteiger partial charge is 0.162 e. The van der Waals surface area contributed by atoms with Crippen LogP contribution in [0, 0.1) is 0 Å². The highest BCUT2D eigenvalue weighted by Gasteiger charge is 2.02. The Hall–Kier alpha value is -1.31. The largest absolute Gasteiger partial charge is 0.383 e. The molecule has 0 atom stereocenters. The van der Waals surface area contributed by atoms with E-state index in [0.717, 1.165) is 11.3 Å². The Kier molecular flexibility index (Phi) is 3.69. The monoisotopic (exact) mass is 193 g/mol. The molecular formula is C12H19NO. The van der Waals surface area contributed by atoms with Gasteiger partial charge in [0, 0.05) is 25.1 Å². The van der Waals surface area contributed by atoms with E-state index in [-0.39, 0.29) is 7.21 Å². The molecule has 0 spiro atoms. The van der Waals surface area contributed by atoms with Crippen LogP contribution in [0.4, 0.5) is 5.69 Å². The van der Waals surface area contributed by atoms with E-state index < -0.39 is 0 Å². The van der Waals surface area contributed by atoms with Gasteiger partial charge < -0.3 is 5.32 Å². The zero-order valence-corrected chi connectivity index (χ0v) is 9.00. The van der Waals surface area contributed by atoms with Crippen LogP contribution in [0.2, 0.25) is 0 Å². The maximum absolute atomic E-state index is 11.3. The highest BCUT2D eigenvalue weighted by Crippen LogP contribution is 2.11. The lowest BCUT2D eigenvalue weighted by atomic mass is 10.1. The average molecular weight is 193 g/mol. The van der Waals surface area contributed by atoms with Gasteiger partial charge in [-0.3, -0.25) is 4.79 Å². The molecule has 1 N–H and O–H groups in total. The predicted octanol–water partition coefficient (Wildman–Crippen LogP) is 3.35. The summed E-state index contributed by atoms with van der Waals surface area (Å²) in [6.45, 7) is 6.05. The van der Waals surface area contributed by atoms with Crippen LogP contribution >= 0.6 is 0 Å². The van der Waals surface area contributed by atoms with Gasteiger partial charge in [-0.05, 0) is 38.1 Å². The SMILES string of the molecule is CCC(=O)c1ccc(NC(C)C)cc1.[HH]. The predicted molar refractivity (Wildman–Crippen MR) is 61.9 cm³/mol. The molecule has 0 saturated carbocycles. The van der Waals surface area contributed by atoms with Crippen LogP contribution in [0.3, 0.4) is 0 Å². The van der Waals surface area contributed by atoms with Gasteiger partial charge in [-0.25, -0.2) is 0 Å². The third kappa shape index (κ3) is 2.87. The molecule has 0 saturated heterocycles. The summed E-state index contributed by atoms with van der Waals surface area (Å²) in [5.74, 6) is 0.195. The zero-order valence-electron chi connectivity index (χ0n) is 9.00. The van der Waals surface area contributed by atoms with E-state index in [2.05, 4.69) is 19.2 Å². The number of ketones is 1. The summed E-state index contributed by atoms with van der Waals surface area (Å²) in [6, 6.07) is 8.06. The average Bonchev–Trinajstić information content (AvgIpc) is 2.17. The lowest BCUT2D eigenvalue weighted by Crippen LogP contribution is -2.09. The van der Waals surface area contributed by atoms with E-state index in [9.17, 15) is 4.79 Å². The Balaban J connectivity index is 0.00000196. The number of hydrogen-bond acceptors (Lipinski definition) is 2. The quantitative estimate of drug-likeness (QED) is 0.743. The summed E-state index contributed by atoms with van der Waals surface area (Å²) in [6.07, 6.45) is 0.566. The number of rotatable bonds is 4. The summed E-state index contributed by atoms with van der Waals surface area (Å²) in [5, 5.41) is 3.28. The van der Waals surface area contributed by atoms with E-state index in [1.807, 2.05) is 31.2 Å². The minimum Gasteiger partial charge on any atom is -0.383 e. The number of nitrogens with one attached hydrogen (secondary N) is 1. The van der Waals surface area contributed by atoms with Crippen LogP contribution in [0.5, 0.6) is 0 Å². The molecule has 78 valence electrons. The van der Waals surface area contributed by atoms with Crippen LogP contribution in [0.1, 0.15) is 39.0 Å². The van der Waals surface area contributed by atoms with E-state index in [0.29, 0.717) is 12.5 Å². The van der Waals surface area contributed by atoms with Crippen molar-refractivity contribution in [3.05, 3.63) is 29.8 Å². The topological polar surface area (TPSA) is 29.1 Å². The summed E-state index contributed by atoms with van der Waals surface area (Å²) in [7, 11) is 0. The van der Waals surface area contributed by atoms with Crippen molar-refractivity contribution in [2.24, 2.45) is 0 Å². The number of carbonyl (C=O) groups is 1. The van der Waals surface area contributed by atoms with Crippen LogP contribution in [-0.4, -0.2) is 11.8 Å². The first-order valence-corrected chi connectivity index (χ1v) is 5.03. The van der Waals surface area contributed by atoms with Crippen molar-refractivity contribution >= 4 is 11.5 Å². The standard InChI is InChI=1S/C12H17NO.H2/c1-4-12(14)10-5-7-11(8-6-10)13-9(2)3;/h5-9,13H,4H2,1-3H3;1H. The molecule has 2 nitrogen and oxygen atoms in total. The molecule has 0 radical (unpaired) electrons. The first-order chi connectivity index (χ1) is 6.63. The summed E-state index contributed by atoms with van der Waals surface area (Å²) < 4.78 is 0. The second kappa shape index (κ2) is 4.80. The van der Waals surface area contributed by atoms with Gasteiger partial charge in [-0.15, -0.1) is 0 Å². The molecule has 2 heteroatoms. The molecule has 0 amide bonds. The van der Waals surface area contributed by atoms with Crippen molar-refractivity contribution in [3.8, 4) is 0 Å². The number of Topliss-reactive ketones (excluding diaryl/α,β-unsaturated/α-hetero) is 1. The molecule has 1 aromatic rings. The fraction of sp³-hybridized carbons (Fsp3) is 0.417. The molecule has 0 aliphatic rings. The van der Waals surface area contributed by atoms with Gasteiger partial charge in [-0.2, -0.15) is 0 Å². The minimum atomic E-state index is 0. The van der Waals surface area contributed by atoms with E-state index in [1.165, 1.54) is 0 Å². The zero-order chi connectivity index (χ0) is 10.6. The Morgan fingerprint density at radius 1 is 1.36 bits per heavy atom. The summed E-state index contributed by atoms with van der Waals surface area (Å²) in [4.78, 5) is 11.3. The Labute approximate surface area is 86.8 Å². The van der Waals surface area contributed by atoms with Gasteiger partial charge in [0.2, 0.25) is 0 Å². The third-order valence-corrected chi connectivity index (χ3v) is 1.98. The number of hydrogen-bond donors (Lipinski definition) is 1.